The van der Waals surface area contributed by atoms with Gasteiger partial charge in [-0.15, -0.1) is 0 Å². The average molecular weight is 428 g/mol. The van der Waals surface area contributed by atoms with Crippen molar-refractivity contribution in [2.45, 2.75) is 25.8 Å². The summed E-state index contributed by atoms with van der Waals surface area (Å²) in [5, 5.41) is 6.08. The van der Waals surface area contributed by atoms with E-state index in [0.717, 1.165) is 35.3 Å². The lowest BCUT2D eigenvalue weighted by molar-refractivity contribution is -0.123. The molecule has 0 spiro atoms. The number of likely N-dealkylation sites (tertiary alicyclic amines) is 1. The maximum atomic E-state index is 13.3. The summed E-state index contributed by atoms with van der Waals surface area (Å²) in [5.41, 5.74) is 3.72. The topological polar surface area (TPSA) is 61.4 Å². The molecule has 2 N–H and O–H groups in total. The van der Waals surface area contributed by atoms with Crippen LogP contribution in [0, 0.1) is 12.8 Å². The van der Waals surface area contributed by atoms with Crippen LogP contribution in [0.1, 0.15) is 30.0 Å². The van der Waals surface area contributed by atoms with E-state index in [4.69, 9.17) is 0 Å². The lowest BCUT2D eigenvalue weighted by atomic mass is 9.93. The number of hydrogen-bond donors (Lipinski definition) is 2. The lowest BCUT2D eigenvalue weighted by Crippen LogP contribution is -2.44. The predicted molar refractivity (Wildman–Crippen MR) is 128 cm³/mol. The van der Waals surface area contributed by atoms with Gasteiger partial charge >= 0.3 is 0 Å². The van der Waals surface area contributed by atoms with E-state index in [1.807, 2.05) is 91.9 Å². The Hall–Kier alpha value is -3.44. The molecule has 5 heteroatoms. The molecule has 1 heterocycles. The molecule has 1 aliphatic rings. The molecule has 1 aliphatic heterocycles. The maximum Gasteiger partial charge on any atom is 0.246 e. The molecule has 3 aromatic rings. The van der Waals surface area contributed by atoms with Gasteiger partial charge in [0.1, 0.15) is 6.04 Å². The zero-order valence-electron chi connectivity index (χ0n) is 18.3. The van der Waals surface area contributed by atoms with Crippen LogP contribution in [0.25, 0.3) is 0 Å². The van der Waals surface area contributed by atoms with Crippen LogP contribution in [0.4, 0.5) is 11.4 Å². The fourth-order valence-corrected chi connectivity index (χ4v) is 4.20. The first-order valence-corrected chi connectivity index (χ1v) is 11.1. The van der Waals surface area contributed by atoms with Gasteiger partial charge in [-0.2, -0.15) is 0 Å². The highest BCUT2D eigenvalue weighted by atomic mass is 16.2. The minimum absolute atomic E-state index is 0.0489. The van der Waals surface area contributed by atoms with Crippen molar-refractivity contribution in [3.8, 4) is 0 Å². The third-order valence-corrected chi connectivity index (χ3v) is 5.99. The number of benzene rings is 3. The molecule has 5 nitrogen and oxygen atoms in total. The van der Waals surface area contributed by atoms with Gasteiger partial charge in [0.15, 0.2) is 0 Å². The third kappa shape index (κ3) is 5.42. The Morgan fingerprint density at radius 1 is 0.781 bits per heavy atom. The Morgan fingerprint density at radius 2 is 1.34 bits per heavy atom. The van der Waals surface area contributed by atoms with Gasteiger partial charge in [0.05, 0.1) is 0 Å². The Morgan fingerprint density at radius 3 is 1.97 bits per heavy atom. The number of aryl methyl sites for hydroxylation is 1. The fraction of sp³-hybridized carbons (Fsp3) is 0.259. The molecule has 2 amide bonds. The number of carbonyl (C=O) groups excluding carboxylic acids is 2. The molecular weight excluding hydrogens is 398 g/mol. The summed E-state index contributed by atoms with van der Waals surface area (Å²) in [7, 11) is 0. The standard InChI is InChI=1S/C27H29N3O2/c1-20-12-14-24(15-13-20)29-27(32)25(21-8-4-2-5-9-21)30-18-16-22(17-19-30)26(31)28-23-10-6-3-7-11-23/h2-15,22,25H,16-19H2,1H3,(H,28,31)(H,29,32)/t25-/m1/s1. The van der Waals surface area contributed by atoms with Gasteiger partial charge in [-0.25, -0.2) is 0 Å². The molecule has 0 unspecified atom stereocenters. The van der Waals surface area contributed by atoms with Crippen molar-refractivity contribution in [1.29, 1.82) is 0 Å². The van der Waals surface area contributed by atoms with Crippen molar-refractivity contribution in [3.05, 3.63) is 96.1 Å². The first kappa shape index (κ1) is 21.8. The summed E-state index contributed by atoms with van der Waals surface area (Å²) in [6, 6.07) is 26.9. The van der Waals surface area contributed by atoms with Gasteiger partial charge in [-0.3, -0.25) is 14.5 Å². The number of anilines is 2. The van der Waals surface area contributed by atoms with Crippen LogP contribution in [0.15, 0.2) is 84.9 Å². The Labute approximate surface area is 189 Å². The summed E-state index contributed by atoms with van der Waals surface area (Å²) < 4.78 is 0. The number of hydrogen-bond acceptors (Lipinski definition) is 3. The van der Waals surface area contributed by atoms with E-state index in [-0.39, 0.29) is 17.7 Å². The number of piperidine rings is 1. The summed E-state index contributed by atoms with van der Waals surface area (Å²) in [4.78, 5) is 28.2. The molecule has 1 atom stereocenters. The second-order valence-electron chi connectivity index (χ2n) is 8.33. The number of carbonyl (C=O) groups is 2. The number of para-hydroxylation sites is 1. The maximum absolute atomic E-state index is 13.3. The molecule has 0 saturated carbocycles. The quantitative estimate of drug-likeness (QED) is 0.580. The Bertz CT molecular complexity index is 1030. The smallest absolute Gasteiger partial charge is 0.246 e. The zero-order chi connectivity index (χ0) is 22.3. The van der Waals surface area contributed by atoms with E-state index in [1.54, 1.807) is 0 Å². The van der Waals surface area contributed by atoms with Crippen molar-refractivity contribution in [1.82, 2.24) is 4.90 Å². The molecule has 3 aromatic carbocycles. The first-order chi connectivity index (χ1) is 15.6. The van der Waals surface area contributed by atoms with Crippen LogP contribution in [0.5, 0.6) is 0 Å². The average Bonchev–Trinajstić information content (AvgIpc) is 2.82. The normalized spacial score (nSPS) is 15.7. The SMILES string of the molecule is Cc1ccc(NC(=O)[C@@H](c2ccccc2)N2CCC(C(=O)Nc3ccccc3)CC2)cc1. The van der Waals surface area contributed by atoms with Gasteiger partial charge in [0, 0.05) is 17.3 Å². The lowest BCUT2D eigenvalue weighted by Gasteiger charge is -2.36. The van der Waals surface area contributed by atoms with Gasteiger partial charge in [-0.05, 0) is 62.7 Å². The molecule has 164 valence electrons. The van der Waals surface area contributed by atoms with E-state index >= 15 is 0 Å². The third-order valence-electron chi connectivity index (χ3n) is 5.99. The van der Waals surface area contributed by atoms with Crippen molar-refractivity contribution in [3.63, 3.8) is 0 Å². The van der Waals surface area contributed by atoms with Crippen LogP contribution in [-0.2, 0) is 9.59 Å². The molecule has 0 aromatic heterocycles. The summed E-state index contributed by atoms with van der Waals surface area (Å²) in [6.07, 6.45) is 1.44. The number of amides is 2. The molecule has 0 bridgehead atoms. The highest BCUT2D eigenvalue weighted by Gasteiger charge is 2.33. The molecule has 32 heavy (non-hydrogen) atoms. The first-order valence-electron chi connectivity index (χ1n) is 11.1. The predicted octanol–water partition coefficient (Wildman–Crippen LogP) is 5.03. The summed E-state index contributed by atoms with van der Waals surface area (Å²) in [5.74, 6) is -0.0495. The van der Waals surface area contributed by atoms with Crippen molar-refractivity contribution in [2.24, 2.45) is 5.92 Å². The van der Waals surface area contributed by atoms with E-state index in [2.05, 4.69) is 15.5 Å². The van der Waals surface area contributed by atoms with E-state index in [0.29, 0.717) is 13.1 Å². The van der Waals surface area contributed by atoms with Gasteiger partial charge in [0.25, 0.3) is 0 Å². The largest absolute Gasteiger partial charge is 0.326 e. The number of nitrogens with one attached hydrogen (secondary N) is 2. The number of nitrogens with zero attached hydrogens (tertiary/aromatic N) is 1. The monoisotopic (exact) mass is 427 g/mol. The fourth-order valence-electron chi connectivity index (χ4n) is 4.20. The van der Waals surface area contributed by atoms with Crippen LogP contribution in [0.2, 0.25) is 0 Å². The molecule has 1 saturated heterocycles. The summed E-state index contributed by atoms with van der Waals surface area (Å²) in [6.45, 7) is 3.40. The van der Waals surface area contributed by atoms with Crippen molar-refractivity contribution < 1.29 is 9.59 Å². The highest BCUT2D eigenvalue weighted by Crippen LogP contribution is 2.29. The number of rotatable bonds is 6. The van der Waals surface area contributed by atoms with Crippen LogP contribution < -0.4 is 10.6 Å². The summed E-state index contributed by atoms with van der Waals surface area (Å²) >= 11 is 0. The van der Waals surface area contributed by atoms with Crippen molar-refractivity contribution >= 4 is 23.2 Å². The van der Waals surface area contributed by atoms with E-state index in [9.17, 15) is 9.59 Å². The van der Waals surface area contributed by atoms with E-state index < -0.39 is 6.04 Å². The highest BCUT2D eigenvalue weighted by molar-refractivity contribution is 5.96. The minimum Gasteiger partial charge on any atom is -0.326 e. The molecule has 1 fully saturated rings. The van der Waals surface area contributed by atoms with Crippen molar-refractivity contribution in [2.75, 3.05) is 23.7 Å². The van der Waals surface area contributed by atoms with E-state index in [1.165, 1.54) is 0 Å². The Balaban J connectivity index is 1.44. The van der Waals surface area contributed by atoms with Crippen LogP contribution in [0.3, 0.4) is 0 Å². The van der Waals surface area contributed by atoms with Gasteiger partial charge < -0.3 is 10.6 Å². The Kier molecular flexibility index (Phi) is 6.97. The second-order valence-corrected chi connectivity index (χ2v) is 8.33. The van der Waals surface area contributed by atoms with Gasteiger partial charge in [0.2, 0.25) is 11.8 Å². The molecule has 0 aliphatic carbocycles. The molecule has 0 radical (unpaired) electrons. The molecular formula is C27H29N3O2. The van der Waals surface area contributed by atoms with Crippen LogP contribution in [-0.4, -0.2) is 29.8 Å². The molecule has 4 rings (SSSR count). The van der Waals surface area contributed by atoms with Gasteiger partial charge in [-0.1, -0.05) is 66.2 Å². The van der Waals surface area contributed by atoms with Crippen LogP contribution >= 0.6 is 0 Å². The minimum atomic E-state index is -0.393. The second kappa shape index (κ2) is 10.2. The zero-order valence-corrected chi connectivity index (χ0v) is 18.3.